The molecule has 0 spiro atoms. The smallest absolute Gasteiger partial charge is 0.407 e. The van der Waals surface area contributed by atoms with Crippen molar-refractivity contribution >= 4 is 6.09 Å². The number of carbonyl (C=O) groups excluding carboxylic acids is 1. The Morgan fingerprint density at radius 2 is 2.23 bits per heavy atom. The predicted octanol–water partition coefficient (Wildman–Crippen LogP) is 0.892. The number of hydrogen-bond donors (Lipinski definition) is 2. The molecule has 4 heteroatoms. The predicted molar refractivity (Wildman–Crippen MR) is 48.4 cm³/mol. The van der Waals surface area contributed by atoms with E-state index in [0.717, 1.165) is 6.42 Å². The summed E-state index contributed by atoms with van der Waals surface area (Å²) in [4.78, 5) is 11.2. The molecule has 0 aromatic heterocycles. The summed E-state index contributed by atoms with van der Waals surface area (Å²) in [6.07, 6.45) is 0.462. The second-order valence-electron chi connectivity index (χ2n) is 4.43. The van der Waals surface area contributed by atoms with E-state index in [9.17, 15) is 4.79 Å². The molecule has 0 heterocycles. The Labute approximate surface area is 78.3 Å². The third-order valence-corrected chi connectivity index (χ3v) is 1.86. The first kappa shape index (κ1) is 10.3. The molecule has 0 aromatic carbocycles. The van der Waals surface area contributed by atoms with Gasteiger partial charge in [-0.1, -0.05) is 0 Å². The topological polar surface area (TPSA) is 58.6 Å². The van der Waals surface area contributed by atoms with E-state index >= 15 is 0 Å². The van der Waals surface area contributed by atoms with E-state index in [1.807, 2.05) is 20.8 Å². The maximum atomic E-state index is 11.2. The van der Waals surface area contributed by atoms with Gasteiger partial charge in [0.2, 0.25) is 0 Å². The van der Waals surface area contributed by atoms with Crippen LogP contribution in [0.3, 0.4) is 0 Å². The third-order valence-electron chi connectivity index (χ3n) is 1.86. The van der Waals surface area contributed by atoms with Gasteiger partial charge in [0.1, 0.15) is 5.60 Å². The van der Waals surface area contributed by atoms with Gasteiger partial charge in [0.15, 0.2) is 0 Å². The highest BCUT2D eigenvalue weighted by atomic mass is 16.6. The summed E-state index contributed by atoms with van der Waals surface area (Å²) in [5, 5.41) is 11.4. The largest absolute Gasteiger partial charge is 0.444 e. The lowest BCUT2D eigenvalue weighted by Gasteiger charge is -2.19. The van der Waals surface area contributed by atoms with Crippen molar-refractivity contribution in [2.45, 2.75) is 38.8 Å². The van der Waals surface area contributed by atoms with E-state index in [1.165, 1.54) is 0 Å². The molecule has 0 bridgehead atoms. The number of ether oxygens (including phenoxy) is 1. The zero-order valence-corrected chi connectivity index (χ0v) is 8.33. The molecule has 0 aliphatic heterocycles. The quantitative estimate of drug-likeness (QED) is 0.675. The van der Waals surface area contributed by atoms with Crippen LogP contribution in [0.1, 0.15) is 27.2 Å². The molecule has 1 aliphatic rings. The van der Waals surface area contributed by atoms with Gasteiger partial charge < -0.3 is 15.2 Å². The Balaban J connectivity index is 2.20. The first-order chi connectivity index (χ1) is 5.92. The van der Waals surface area contributed by atoms with Crippen molar-refractivity contribution in [3.8, 4) is 0 Å². The van der Waals surface area contributed by atoms with Gasteiger partial charge in [0.25, 0.3) is 0 Å². The van der Waals surface area contributed by atoms with Crippen molar-refractivity contribution in [3.63, 3.8) is 0 Å². The van der Waals surface area contributed by atoms with Crippen LogP contribution in [0.2, 0.25) is 0 Å². The van der Waals surface area contributed by atoms with Crippen LogP contribution < -0.4 is 5.32 Å². The molecule has 4 nitrogen and oxygen atoms in total. The van der Waals surface area contributed by atoms with Crippen LogP contribution in [0.15, 0.2) is 0 Å². The van der Waals surface area contributed by atoms with Crippen molar-refractivity contribution in [2.24, 2.45) is 5.92 Å². The maximum Gasteiger partial charge on any atom is 0.407 e. The molecule has 0 aromatic rings. The van der Waals surface area contributed by atoms with Gasteiger partial charge in [-0.05, 0) is 27.2 Å². The number of carbonyl (C=O) groups is 1. The highest BCUT2D eigenvalue weighted by Crippen LogP contribution is 2.29. The minimum absolute atomic E-state index is 0.111. The van der Waals surface area contributed by atoms with Gasteiger partial charge in [0, 0.05) is 18.6 Å². The lowest BCUT2D eigenvalue weighted by Crippen LogP contribution is -2.34. The van der Waals surface area contributed by atoms with Crippen LogP contribution in [0, 0.1) is 5.92 Å². The molecule has 1 saturated carbocycles. The van der Waals surface area contributed by atoms with E-state index in [-0.39, 0.29) is 18.6 Å². The van der Waals surface area contributed by atoms with Gasteiger partial charge in [-0.15, -0.1) is 0 Å². The van der Waals surface area contributed by atoms with Crippen LogP contribution in [0.5, 0.6) is 0 Å². The highest BCUT2D eigenvalue weighted by molar-refractivity contribution is 5.68. The summed E-state index contributed by atoms with van der Waals surface area (Å²) < 4.78 is 5.05. The monoisotopic (exact) mass is 187 g/mol. The molecule has 1 amide bonds. The van der Waals surface area contributed by atoms with Crippen molar-refractivity contribution < 1.29 is 14.6 Å². The number of alkyl carbamates (subject to hydrolysis) is 1. The van der Waals surface area contributed by atoms with Gasteiger partial charge >= 0.3 is 6.09 Å². The van der Waals surface area contributed by atoms with Crippen molar-refractivity contribution in [1.82, 2.24) is 5.32 Å². The lowest BCUT2D eigenvalue weighted by atomic mass is 10.2. The number of rotatable bonds is 2. The number of aliphatic hydroxyl groups is 1. The minimum atomic E-state index is -0.451. The summed E-state index contributed by atoms with van der Waals surface area (Å²) in [6.45, 7) is 5.61. The molecular weight excluding hydrogens is 170 g/mol. The van der Waals surface area contributed by atoms with Gasteiger partial charge in [-0.25, -0.2) is 4.79 Å². The minimum Gasteiger partial charge on any atom is -0.444 e. The zero-order valence-electron chi connectivity index (χ0n) is 8.33. The molecule has 13 heavy (non-hydrogen) atoms. The summed E-state index contributed by atoms with van der Waals surface area (Å²) in [6, 6.07) is 0.111. The van der Waals surface area contributed by atoms with E-state index < -0.39 is 11.7 Å². The first-order valence-electron chi connectivity index (χ1n) is 4.53. The standard InChI is InChI=1S/C9H17NO3/c1-9(2,3)13-8(12)10-7-4-6(7)5-11/h6-7,11H,4-5H2,1-3H3,(H,10,12)/t6-,7-/m1/s1. The Hall–Kier alpha value is -0.770. The molecule has 0 saturated heterocycles. The van der Waals surface area contributed by atoms with Crippen LogP contribution in [-0.4, -0.2) is 29.4 Å². The number of aliphatic hydroxyl groups excluding tert-OH is 1. The fourth-order valence-corrected chi connectivity index (χ4v) is 1.09. The summed E-state index contributed by atoms with van der Waals surface area (Å²) in [5.41, 5.74) is -0.451. The van der Waals surface area contributed by atoms with Gasteiger partial charge in [-0.3, -0.25) is 0 Å². The van der Waals surface area contributed by atoms with Crippen LogP contribution >= 0.6 is 0 Å². The molecule has 1 rings (SSSR count). The molecule has 1 aliphatic carbocycles. The Morgan fingerprint density at radius 3 is 2.62 bits per heavy atom. The summed E-state index contributed by atoms with van der Waals surface area (Å²) >= 11 is 0. The maximum absolute atomic E-state index is 11.2. The fraction of sp³-hybridized carbons (Fsp3) is 0.889. The molecular formula is C9H17NO3. The second-order valence-corrected chi connectivity index (χ2v) is 4.43. The Morgan fingerprint density at radius 1 is 1.62 bits per heavy atom. The van der Waals surface area contributed by atoms with E-state index in [4.69, 9.17) is 9.84 Å². The Bertz CT molecular complexity index is 198. The molecule has 0 unspecified atom stereocenters. The van der Waals surface area contributed by atoms with Gasteiger partial charge in [0.05, 0.1) is 0 Å². The van der Waals surface area contributed by atoms with E-state index in [1.54, 1.807) is 0 Å². The second kappa shape index (κ2) is 3.54. The van der Waals surface area contributed by atoms with Crippen LogP contribution in [-0.2, 0) is 4.74 Å². The highest BCUT2D eigenvalue weighted by Gasteiger charge is 2.38. The molecule has 1 fully saturated rings. The SMILES string of the molecule is CC(C)(C)OC(=O)N[C@@H]1C[C@@H]1CO. The van der Waals surface area contributed by atoms with E-state index in [0.29, 0.717) is 0 Å². The molecule has 2 N–H and O–H groups in total. The number of hydrogen-bond acceptors (Lipinski definition) is 3. The molecule has 0 radical (unpaired) electrons. The summed E-state index contributed by atoms with van der Waals surface area (Å²) in [5.74, 6) is 0.229. The van der Waals surface area contributed by atoms with Crippen LogP contribution in [0.25, 0.3) is 0 Å². The Kier molecular flexibility index (Phi) is 2.81. The normalized spacial score (nSPS) is 26.8. The van der Waals surface area contributed by atoms with Crippen LogP contribution in [0.4, 0.5) is 4.79 Å². The van der Waals surface area contributed by atoms with Gasteiger partial charge in [-0.2, -0.15) is 0 Å². The van der Waals surface area contributed by atoms with Crippen molar-refractivity contribution in [2.75, 3.05) is 6.61 Å². The molecule has 2 atom stereocenters. The van der Waals surface area contributed by atoms with E-state index in [2.05, 4.69) is 5.32 Å². The lowest BCUT2D eigenvalue weighted by molar-refractivity contribution is 0.0519. The molecule has 76 valence electrons. The third kappa shape index (κ3) is 3.63. The number of amides is 1. The average molecular weight is 187 g/mol. The average Bonchev–Trinajstić information content (AvgIpc) is 2.62. The summed E-state index contributed by atoms with van der Waals surface area (Å²) in [7, 11) is 0. The first-order valence-corrected chi connectivity index (χ1v) is 4.53. The zero-order chi connectivity index (χ0) is 10.1. The van der Waals surface area contributed by atoms with Crippen molar-refractivity contribution in [3.05, 3.63) is 0 Å². The fourth-order valence-electron chi connectivity index (χ4n) is 1.09. The number of nitrogens with one attached hydrogen (secondary N) is 1. The van der Waals surface area contributed by atoms with Crippen molar-refractivity contribution in [1.29, 1.82) is 0 Å².